The molecule has 3 unspecified atom stereocenters. The molecule has 1 saturated heterocycles. The maximum absolute atomic E-state index is 14.1. The highest BCUT2D eigenvalue weighted by Crippen LogP contribution is 2.55. The second kappa shape index (κ2) is 11.6. The van der Waals surface area contributed by atoms with Crippen molar-refractivity contribution in [1.29, 1.82) is 0 Å². The number of hydrogen-bond acceptors (Lipinski definition) is 9. The van der Waals surface area contributed by atoms with Gasteiger partial charge in [0.1, 0.15) is 12.3 Å². The fraction of sp³-hybridized carbons (Fsp3) is 0.389. The maximum atomic E-state index is 14.1. The number of aliphatic hydroxyl groups excluding tert-OH is 1. The summed E-state index contributed by atoms with van der Waals surface area (Å²) in [5, 5.41) is 13.7. The molecule has 37 heavy (non-hydrogen) atoms. The quantitative estimate of drug-likeness (QED) is 0.0680. The van der Waals surface area contributed by atoms with Crippen LogP contribution < -0.4 is 5.32 Å². The first-order chi connectivity index (χ1) is 17.4. The first kappa shape index (κ1) is 29.0. The van der Waals surface area contributed by atoms with Crippen LogP contribution in [0.2, 0.25) is 10.8 Å². The number of ether oxygens (including phenoxy) is 1. The largest absolute Gasteiger partial charge is 0.390 e. The minimum atomic E-state index is -4.84. The lowest BCUT2D eigenvalue weighted by molar-refractivity contribution is -0.0395. The monoisotopic (exact) mass is 707 g/mol. The molecule has 3 heterocycles. The lowest BCUT2D eigenvalue weighted by atomic mass is 10.2. The molecule has 0 radical (unpaired) electrons. The molecule has 4 rings (SSSR count). The number of nitrogens with zero attached hydrogens (tertiary/aromatic N) is 4. The molecule has 5 atom stereocenters. The van der Waals surface area contributed by atoms with Gasteiger partial charge in [-0.3, -0.25) is 13.7 Å². The second-order valence-corrected chi connectivity index (χ2v) is 15.1. The molecule has 0 bridgehead atoms. The fourth-order valence-corrected chi connectivity index (χ4v) is 8.20. The first-order valence-corrected chi connectivity index (χ1v) is 17.0. The van der Waals surface area contributed by atoms with Gasteiger partial charge < -0.3 is 38.5 Å². The maximum Gasteiger partial charge on any atom is 0.340 e. The molecule has 0 amide bonds. The van der Waals surface area contributed by atoms with E-state index in [2.05, 4.69) is 42.9 Å². The minimum absolute atomic E-state index is 0.106. The summed E-state index contributed by atoms with van der Waals surface area (Å²) in [5.74, 6) is -1.06. The standard InChI is InChI=1S/C18H22ClFIN5O8P2Si/c19-18-24-15(22-5-9-2-1-3-10(21)4-9)12-16(25-18)26(7-23-12)17-14(37-20)13(27)11(34-17)6-33-36(31,32)8-35(28,29)30/h1-4,7,11,13-14,17,27H,5-6,8,37H2,(H,31,32)(H,22,24,25)(H2,28,29,30)/t11-,13-,14?,17?/m1/s1. The number of rotatable bonds is 10. The van der Waals surface area contributed by atoms with Crippen molar-refractivity contribution in [3.8, 4) is 0 Å². The van der Waals surface area contributed by atoms with Crippen LogP contribution in [0, 0.1) is 3.57 Å². The first-order valence-electron chi connectivity index (χ1n) is 10.7. The van der Waals surface area contributed by atoms with Gasteiger partial charge in [-0.15, -0.1) is 0 Å². The van der Waals surface area contributed by atoms with Gasteiger partial charge in [-0.1, -0.05) is 12.1 Å². The molecule has 1 aliphatic rings. The lowest BCUT2D eigenvalue weighted by Gasteiger charge is -2.18. The van der Waals surface area contributed by atoms with Gasteiger partial charge in [0.15, 0.2) is 22.9 Å². The number of imidazole rings is 1. The van der Waals surface area contributed by atoms with Crippen molar-refractivity contribution in [2.45, 2.75) is 30.5 Å². The van der Waals surface area contributed by atoms with E-state index >= 15 is 0 Å². The normalized spacial score (nSPS) is 24.2. The highest BCUT2D eigenvalue weighted by molar-refractivity contribution is 14.1. The number of anilines is 1. The summed E-state index contributed by atoms with van der Waals surface area (Å²) in [6.07, 6.45) is -2.40. The van der Waals surface area contributed by atoms with Crippen LogP contribution in [0.15, 0.2) is 30.6 Å². The number of halogens is 3. The summed E-state index contributed by atoms with van der Waals surface area (Å²) < 4.78 is 50.1. The van der Waals surface area contributed by atoms with E-state index in [0.717, 1.165) is 9.13 Å². The zero-order valence-corrected chi connectivity index (χ0v) is 24.9. The molecular weight excluding hydrogens is 686 g/mol. The summed E-state index contributed by atoms with van der Waals surface area (Å²) in [7, 11) is -11.9. The van der Waals surface area contributed by atoms with E-state index in [1.807, 2.05) is 24.3 Å². The molecule has 1 fully saturated rings. The number of nitrogens with one attached hydrogen (secondary N) is 1. The van der Waals surface area contributed by atoms with Crippen LogP contribution >= 0.6 is 49.4 Å². The van der Waals surface area contributed by atoms with Crippen molar-refractivity contribution in [1.82, 2.24) is 19.5 Å². The van der Waals surface area contributed by atoms with E-state index in [9.17, 15) is 23.2 Å². The second-order valence-electron chi connectivity index (χ2n) is 8.26. The number of aromatic nitrogens is 4. The van der Waals surface area contributed by atoms with Crippen molar-refractivity contribution < 1.29 is 42.3 Å². The van der Waals surface area contributed by atoms with Crippen molar-refractivity contribution in [3.63, 3.8) is 0 Å². The van der Waals surface area contributed by atoms with E-state index in [-0.39, 0.29) is 10.9 Å². The van der Waals surface area contributed by atoms with Gasteiger partial charge in [0.25, 0.3) is 0 Å². The molecule has 1 aliphatic heterocycles. The molecule has 0 spiro atoms. The summed E-state index contributed by atoms with van der Waals surface area (Å²) in [6, 6.07) is 7.80. The number of hydrogen-bond donors (Lipinski definition) is 5. The van der Waals surface area contributed by atoms with Gasteiger partial charge in [-0.25, -0.2) is 4.98 Å². The summed E-state index contributed by atoms with van der Waals surface area (Å²) in [5.41, 5.74) is 0.532. The van der Waals surface area contributed by atoms with Gasteiger partial charge in [-0.2, -0.15) is 9.97 Å². The molecule has 0 saturated carbocycles. The molecule has 3 aromatic rings. The highest BCUT2D eigenvalue weighted by Gasteiger charge is 2.47. The van der Waals surface area contributed by atoms with Crippen LogP contribution in [0.25, 0.3) is 11.2 Å². The van der Waals surface area contributed by atoms with Gasteiger partial charge in [-0.05, 0) is 51.9 Å². The van der Waals surface area contributed by atoms with E-state index in [0.29, 0.717) is 17.9 Å². The van der Waals surface area contributed by atoms with E-state index in [1.54, 1.807) is 0 Å². The van der Waals surface area contributed by atoms with Gasteiger partial charge >= 0.3 is 15.2 Å². The van der Waals surface area contributed by atoms with Crippen LogP contribution in [-0.4, -0.2) is 73.9 Å². The Morgan fingerprint density at radius 1 is 1.30 bits per heavy atom. The SMILES string of the molecule is O=P(O)(O)CP(=O)(O)OC[C@H]1OC(n2cnc3c(NCc4cccc(I)c4)nc(Cl)nc32)C([SiH2]F)[C@@H]1O. The van der Waals surface area contributed by atoms with Crippen LogP contribution in [0.4, 0.5) is 9.93 Å². The van der Waals surface area contributed by atoms with Crippen LogP contribution in [-0.2, 0) is 24.9 Å². The highest BCUT2D eigenvalue weighted by atomic mass is 127. The van der Waals surface area contributed by atoms with Crippen LogP contribution in [0.1, 0.15) is 11.8 Å². The Balaban J connectivity index is 1.55. The third-order valence-electron chi connectivity index (χ3n) is 5.50. The summed E-state index contributed by atoms with van der Waals surface area (Å²) in [4.78, 5) is 40.3. The molecule has 19 heteroatoms. The van der Waals surface area contributed by atoms with Gasteiger partial charge in [0.05, 0.1) is 24.6 Å². The Hall–Kier alpha value is -1.04. The van der Waals surface area contributed by atoms with Crippen molar-refractivity contribution in [3.05, 3.63) is 45.0 Å². The average molecular weight is 708 g/mol. The van der Waals surface area contributed by atoms with Crippen molar-refractivity contribution in [2.75, 3.05) is 17.8 Å². The van der Waals surface area contributed by atoms with E-state index in [1.165, 1.54) is 10.9 Å². The van der Waals surface area contributed by atoms with E-state index < -0.39 is 61.5 Å². The Kier molecular flexibility index (Phi) is 9.07. The predicted molar refractivity (Wildman–Crippen MR) is 143 cm³/mol. The van der Waals surface area contributed by atoms with Gasteiger partial charge in [0.2, 0.25) is 15.1 Å². The lowest BCUT2D eigenvalue weighted by Crippen LogP contribution is -2.29. The predicted octanol–water partition coefficient (Wildman–Crippen LogP) is 2.13. The number of aliphatic hydroxyl groups is 1. The van der Waals surface area contributed by atoms with Gasteiger partial charge in [0, 0.05) is 10.1 Å². The molecule has 1 aromatic carbocycles. The summed E-state index contributed by atoms with van der Waals surface area (Å²) in [6.45, 7) is -0.276. The smallest absolute Gasteiger partial charge is 0.340 e. The molecular formula is C18H22ClFIN5O8P2Si. The number of benzene rings is 1. The third-order valence-corrected chi connectivity index (χ3v) is 11.0. The van der Waals surface area contributed by atoms with Crippen molar-refractivity contribution in [2.24, 2.45) is 0 Å². The molecule has 2 aromatic heterocycles. The fourth-order valence-electron chi connectivity index (χ4n) is 3.88. The van der Waals surface area contributed by atoms with Crippen LogP contribution in [0.3, 0.4) is 0 Å². The van der Waals surface area contributed by atoms with Crippen LogP contribution in [0.5, 0.6) is 0 Å². The zero-order chi connectivity index (χ0) is 27.0. The molecule has 0 aliphatic carbocycles. The molecule has 13 nitrogen and oxygen atoms in total. The summed E-state index contributed by atoms with van der Waals surface area (Å²) >= 11 is 8.35. The van der Waals surface area contributed by atoms with E-state index in [4.69, 9.17) is 30.6 Å². The zero-order valence-electron chi connectivity index (χ0n) is 18.8. The topological polar surface area (TPSA) is 189 Å². The average Bonchev–Trinajstić information content (AvgIpc) is 3.34. The molecule has 202 valence electrons. The Labute approximate surface area is 230 Å². The van der Waals surface area contributed by atoms with Crippen molar-refractivity contribution >= 4 is 76.2 Å². The Bertz CT molecular complexity index is 1390. The Morgan fingerprint density at radius 2 is 2.05 bits per heavy atom. The Morgan fingerprint density at radius 3 is 2.73 bits per heavy atom. The minimum Gasteiger partial charge on any atom is -0.390 e. The third kappa shape index (κ3) is 7.13. The molecule has 5 N–H and O–H groups in total. The number of fused-ring (bicyclic) bond motifs is 1.